The maximum atomic E-state index is 9.26. The molecule has 0 radical (unpaired) electrons. The van der Waals surface area contributed by atoms with Gasteiger partial charge in [0.15, 0.2) is 0 Å². The molecule has 0 fully saturated rings. The van der Waals surface area contributed by atoms with Crippen LogP contribution in [-0.4, -0.2) is 10.7 Å². The Labute approximate surface area is 68.8 Å². The second kappa shape index (κ2) is 5.15. The number of hydrogen-bond donors (Lipinski definition) is 1. The van der Waals surface area contributed by atoms with Gasteiger partial charge in [-0.15, -0.1) is 0 Å². The Bertz CT molecular complexity index is 135. The number of aliphatic hydroxyl groups is 1. The van der Waals surface area contributed by atoms with Crippen molar-refractivity contribution in [2.24, 2.45) is 0 Å². The number of hydrogen-bond acceptors (Lipinski definition) is 2. The summed E-state index contributed by atoms with van der Waals surface area (Å²) < 4.78 is 0. The van der Waals surface area contributed by atoms with Gasteiger partial charge in [-0.2, -0.15) is 5.26 Å². The number of nitrogens with zero attached hydrogens (tertiary/aromatic N) is 1. The van der Waals surface area contributed by atoms with Crippen LogP contribution in [-0.2, 0) is 0 Å². The van der Waals surface area contributed by atoms with Gasteiger partial charge in [0.2, 0.25) is 0 Å². The molecule has 11 heavy (non-hydrogen) atoms. The molecule has 0 saturated heterocycles. The predicted molar refractivity (Wildman–Crippen MR) is 45.0 cm³/mol. The van der Waals surface area contributed by atoms with Crippen LogP contribution >= 0.6 is 0 Å². The summed E-state index contributed by atoms with van der Waals surface area (Å²) in [6.45, 7) is 3.71. The van der Waals surface area contributed by atoms with Crippen molar-refractivity contribution in [3.8, 4) is 6.07 Å². The molecule has 0 rings (SSSR count). The van der Waals surface area contributed by atoms with Crippen LogP contribution in [0, 0.1) is 11.3 Å². The van der Waals surface area contributed by atoms with Crippen LogP contribution in [0.15, 0.2) is 0 Å². The molecule has 0 amide bonds. The van der Waals surface area contributed by atoms with E-state index < -0.39 is 5.60 Å². The summed E-state index contributed by atoms with van der Waals surface area (Å²) in [5.74, 6) is 0. The van der Waals surface area contributed by atoms with E-state index in [1.54, 1.807) is 6.92 Å². The quantitative estimate of drug-likeness (QED) is 0.488. The Hall–Kier alpha value is -0.550. The zero-order valence-electron chi connectivity index (χ0n) is 7.43. The van der Waals surface area contributed by atoms with Gasteiger partial charge in [-0.1, -0.05) is 26.2 Å². The lowest BCUT2D eigenvalue weighted by Crippen LogP contribution is -2.20. The molecule has 0 aromatic rings. The summed E-state index contributed by atoms with van der Waals surface area (Å²) in [7, 11) is 0. The van der Waals surface area contributed by atoms with E-state index in [4.69, 9.17) is 5.26 Å². The summed E-state index contributed by atoms with van der Waals surface area (Å²) in [5, 5.41) is 17.7. The van der Waals surface area contributed by atoms with Gasteiger partial charge in [0.05, 0.1) is 6.07 Å². The summed E-state index contributed by atoms with van der Waals surface area (Å²) in [6.07, 6.45) is 5.06. The lowest BCUT2D eigenvalue weighted by molar-refractivity contribution is 0.106. The highest BCUT2D eigenvalue weighted by atomic mass is 16.3. The Morgan fingerprint density at radius 1 is 1.36 bits per heavy atom. The van der Waals surface area contributed by atoms with Crippen LogP contribution in [0.5, 0.6) is 0 Å². The fourth-order valence-electron chi connectivity index (χ4n) is 0.952. The number of rotatable bonds is 5. The van der Waals surface area contributed by atoms with E-state index in [1.165, 1.54) is 12.8 Å². The van der Waals surface area contributed by atoms with Crippen molar-refractivity contribution in [1.82, 2.24) is 0 Å². The van der Waals surface area contributed by atoms with E-state index >= 15 is 0 Å². The summed E-state index contributed by atoms with van der Waals surface area (Å²) in [4.78, 5) is 0. The first-order chi connectivity index (χ1) is 5.12. The molecular formula is C9H17NO. The highest BCUT2D eigenvalue weighted by molar-refractivity contribution is 4.95. The average molecular weight is 155 g/mol. The van der Waals surface area contributed by atoms with Gasteiger partial charge in [-0.05, 0) is 19.8 Å². The fraction of sp³-hybridized carbons (Fsp3) is 0.889. The largest absolute Gasteiger partial charge is 0.376 e. The van der Waals surface area contributed by atoms with Crippen molar-refractivity contribution in [2.45, 2.75) is 51.6 Å². The molecule has 0 aromatic heterocycles. The average Bonchev–Trinajstić information content (AvgIpc) is 1.99. The van der Waals surface area contributed by atoms with Crippen molar-refractivity contribution in [3.63, 3.8) is 0 Å². The molecule has 0 aromatic carbocycles. The van der Waals surface area contributed by atoms with Gasteiger partial charge in [-0.25, -0.2) is 0 Å². The number of nitriles is 1. The van der Waals surface area contributed by atoms with E-state index in [0.717, 1.165) is 12.8 Å². The highest BCUT2D eigenvalue weighted by Gasteiger charge is 2.17. The molecule has 0 aliphatic heterocycles. The Morgan fingerprint density at radius 2 is 2.00 bits per heavy atom. The summed E-state index contributed by atoms with van der Waals surface area (Å²) in [6, 6.07) is 1.87. The summed E-state index contributed by atoms with van der Waals surface area (Å²) >= 11 is 0. The lowest BCUT2D eigenvalue weighted by atomic mass is 10.00. The van der Waals surface area contributed by atoms with Gasteiger partial charge in [0.1, 0.15) is 5.60 Å². The maximum absolute atomic E-state index is 9.26. The SMILES string of the molecule is CCCCCCC(C)(O)C#N. The number of unbranched alkanes of at least 4 members (excludes halogenated alkanes) is 3. The van der Waals surface area contributed by atoms with Crippen molar-refractivity contribution < 1.29 is 5.11 Å². The van der Waals surface area contributed by atoms with Crippen molar-refractivity contribution >= 4 is 0 Å². The molecule has 1 N–H and O–H groups in total. The summed E-state index contributed by atoms with van der Waals surface area (Å²) in [5.41, 5.74) is -1.10. The standard InChI is InChI=1S/C9H17NO/c1-3-4-5-6-7-9(2,11)8-10/h11H,3-7H2,1-2H3. The zero-order valence-corrected chi connectivity index (χ0v) is 7.43. The third kappa shape index (κ3) is 5.87. The topological polar surface area (TPSA) is 44.0 Å². The molecule has 64 valence electrons. The first kappa shape index (κ1) is 10.4. The van der Waals surface area contributed by atoms with Crippen LogP contribution in [0.3, 0.4) is 0 Å². The Morgan fingerprint density at radius 3 is 2.45 bits per heavy atom. The predicted octanol–water partition coefficient (Wildman–Crippen LogP) is 2.23. The smallest absolute Gasteiger partial charge is 0.148 e. The van der Waals surface area contributed by atoms with Crippen LogP contribution in [0.2, 0.25) is 0 Å². The van der Waals surface area contributed by atoms with Gasteiger partial charge < -0.3 is 5.11 Å². The molecular weight excluding hydrogens is 138 g/mol. The van der Waals surface area contributed by atoms with Crippen LogP contribution < -0.4 is 0 Å². The van der Waals surface area contributed by atoms with Crippen molar-refractivity contribution in [3.05, 3.63) is 0 Å². The Kier molecular flexibility index (Phi) is 4.89. The molecule has 0 aliphatic rings. The fourth-order valence-corrected chi connectivity index (χ4v) is 0.952. The van der Waals surface area contributed by atoms with Crippen LogP contribution in [0.25, 0.3) is 0 Å². The molecule has 1 unspecified atom stereocenters. The maximum Gasteiger partial charge on any atom is 0.148 e. The highest BCUT2D eigenvalue weighted by Crippen LogP contribution is 2.13. The van der Waals surface area contributed by atoms with E-state index in [0.29, 0.717) is 6.42 Å². The first-order valence-corrected chi connectivity index (χ1v) is 4.26. The molecule has 2 nitrogen and oxygen atoms in total. The minimum absolute atomic E-state index is 0.601. The second-order valence-corrected chi connectivity index (χ2v) is 3.20. The van der Waals surface area contributed by atoms with E-state index in [2.05, 4.69) is 6.92 Å². The van der Waals surface area contributed by atoms with Gasteiger partial charge in [-0.3, -0.25) is 0 Å². The van der Waals surface area contributed by atoms with Crippen molar-refractivity contribution in [1.29, 1.82) is 5.26 Å². The lowest BCUT2D eigenvalue weighted by Gasteiger charge is -2.12. The van der Waals surface area contributed by atoms with E-state index in [9.17, 15) is 5.11 Å². The second-order valence-electron chi connectivity index (χ2n) is 3.20. The van der Waals surface area contributed by atoms with Gasteiger partial charge >= 0.3 is 0 Å². The molecule has 0 bridgehead atoms. The van der Waals surface area contributed by atoms with Gasteiger partial charge in [0.25, 0.3) is 0 Å². The molecule has 0 saturated carbocycles. The molecule has 0 spiro atoms. The van der Waals surface area contributed by atoms with Crippen LogP contribution in [0.1, 0.15) is 46.0 Å². The molecule has 2 heteroatoms. The normalized spacial score (nSPS) is 15.5. The monoisotopic (exact) mass is 155 g/mol. The van der Waals surface area contributed by atoms with Crippen LogP contribution in [0.4, 0.5) is 0 Å². The van der Waals surface area contributed by atoms with E-state index in [-0.39, 0.29) is 0 Å². The van der Waals surface area contributed by atoms with Gasteiger partial charge in [0, 0.05) is 0 Å². The first-order valence-electron chi connectivity index (χ1n) is 4.26. The third-order valence-corrected chi connectivity index (χ3v) is 1.76. The minimum Gasteiger partial charge on any atom is -0.376 e. The minimum atomic E-state index is -1.10. The van der Waals surface area contributed by atoms with E-state index in [1.807, 2.05) is 6.07 Å². The molecule has 0 heterocycles. The molecule has 0 aliphatic carbocycles. The third-order valence-electron chi connectivity index (χ3n) is 1.76. The Balaban J connectivity index is 3.32. The van der Waals surface area contributed by atoms with Crippen molar-refractivity contribution in [2.75, 3.05) is 0 Å². The molecule has 1 atom stereocenters. The zero-order chi connectivity index (χ0) is 8.74.